The SMILES string of the molecule is O=CCCc1cc(Br)c(Cl)s1. The van der Waals surface area contributed by atoms with Gasteiger partial charge in [0.2, 0.25) is 0 Å². The maximum absolute atomic E-state index is 10.0. The van der Waals surface area contributed by atoms with Crippen molar-refractivity contribution in [2.24, 2.45) is 0 Å². The van der Waals surface area contributed by atoms with Gasteiger partial charge in [-0.1, -0.05) is 11.6 Å². The van der Waals surface area contributed by atoms with E-state index in [4.69, 9.17) is 11.6 Å². The summed E-state index contributed by atoms with van der Waals surface area (Å²) < 4.78 is 1.68. The van der Waals surface area contributed by atoms with Gasteiger partial charge in [0, 0.05) is 15.8 Å². The smallest absolute Gasteiger partial charge is 0.120 e. The molecule has 4 heteroatoms. The zero-order valence-corrected chi connectivity index (χ0v) is 8.80. The second kappa shape index (κ2) is 4.24. The predicted octanol–water partition coefficient (Wildman–Crippen LogP) is 3.30. The maximum Gasteiger partial charge on any atom is 0.120 e. The molecule has 60 valence electrons. The highest BCUT2D eigenvalue weighted by Gasteiger charge is 2.02. The highest BCUT2D eigenvalue weighted by atomic mass is 79.9. The Kier molecular flexibility index (Phi) is 3.55. The molecule has 1 aromatic rings. The van der Waals surface area contributed by atoms with Gasteiger partial charge in [-0.3, -0.25) is 0 Å². The summed E-state index contributed by atoms with van der Waals surface area (Å²) in [4.78, 5) is 11.2. The van der Waals surface area contributed by atoms with Crippen molar-refractivity contribution in [3.05, 3.63) is 19.8 Å². The van der Waals surface area contributed by atoms with Crippen LogP contribution < -0.4 is 0 Å². The first-order chi connectivity index (χ1) is 5.24. The van der Waals surface area contributed by atoms with Crippen LogP contribution in [0.2, 0.25) is 4.34 Å². The highest BCUT2D eigenvalue weighted by Crippen LogP contribution is 2.32. The predicted molar refractivity (Wildman–Crippen MR) is 51.4 cm³/mol. The van der Waals surface area contributed by atoms with E-state index in [9.17, 15) is 4.79 Å². The van der Waals surface area contributed by atoms with Crippen LogP contribution in [-0.2, 0) is 11.2 Å². The van der Waals surface area contributed by atoms with Crippen LogP contribution in [-0.4, -0.2) is 6.29 Å². The van der Waals surface area contributed by atoms with E-state index < -0.39 is 0 Å². The number of aryl methyl sites for hydroxylation is 1. The quantitative estimate of drug-likeness (QED) is 0.756. The van der Waals surface area contributed by atoms with E-state index >= 15 is 0 Å². The topological polar surface area (TPSA) is 17.1 Å². The van der Waals surface area contributed by atoms with Gasteiger partial charge in [0.25, 0.3) is 0 Å². The minimum Gasteiger partial charge on any atom is -0.303 e. The summed E-state index contributed by atoms with van der Waals surface area (Å²) in [6, 6.07) is 1.95. The first kappa shape index (κ1) is 9.23. The number of hydrogen-bond acceptors (Lipinski definition) is 2. The van der Waals surface area contributed by atoms with E-state index in [1.54, 1.807) is 0 Å². The molecule has 0 saturated carbocycles. The van der Waals surface area contributed by atoms with Crippen molar-refractivity contribution in [3.63, 3.8) is 0 Å². The van der Waals surface area contributed by atoms with Crippen molar-refractivity contribution in [2.45, 2.75) is 12.8 Å². The van der Waals surface area contributed by atoms with E-state index in [1.165, 1.54) is 11.3 Å². The van der Waals surface area contributed by atoms with Crippen molar-refractivity contribution in [1.29, 1.82) is 0 Å². The average Bonchev–Trinajstić information content (AvgIpc) is 2.28. The van der Waals surface area contributed by atoms with Gasteiger partial charge in [0.05, 0.1) is 0 Å². The Bertz CT molecular complexity index is 239. The fourth-order valence-corrected chi connectivity index (χ4v) is 2.52. The van der Waals surface area contributed by atoms with Gasteiger partial charge in [-0.05, 0) is 28.4 Å². The van der Waals surface area contributed by atoms with Gasteiger partial charge in [-0.15, -0.1) is 11.3 Å². The first-order valence-corrected chi connectivity index (χ1v) is 5.10. The van der Waals surface area contributed by atoms with Gasteiger partial charge < -0.3 is 4.79 Å². The Hall–Kier alpha value is 0.140. The third-order valence-corrected chi connectivity index (χ3v) is 3.74. The lowest BCUT2D eigenvalue weighted by Crippen LogP contribution is -1.79. The number of aldehydes is 1. The lowest BCUT2D eigenvalue weighted by Gasteiger charge is -1.85. The van der Waals surface area contributed by atoms with Gasteiger partial charge in [0.15, 0.2) is 0 Å². The van der Waals surface area contributed by atoms with Crippen molar-refractivity contribution in [1.82, 2.24) is 0 Å². The normalized spacial score (nSPS) is 10.0. The molecule has 1 aromatic heterocycles. The van der Waals surface area contributed by atoms with E-state index in [0.717, 1.165) is 26.4 Å². The third-order valence-electron chi connectivity index (χ3n) is 1.20. The van der Waals surface area contributed by atoms with Gasteiger partial charge in [-0.25, -0.2) is 0 Å². The molecule has 1 rings (SSSR count). The van der Waals surface area contributed by atoms with Gasteiger partial charge in [-0.2, -0.15) is 0 Å². The minimum absolute atomic E-state index is 0.573. The van der Waals surface area contributed by atoms with E-state index in [1.807, 2.05) is 6.07 Å². The number of carbonyl (C=O) groups is 1. The molecule has 1 heterocycles. The molecule has 0 aromatic carbocycles. The van der Waals surface area contributed by atoms with Crippen LogP contribution in [0.5, 0.6) is 0 Å². The Labute approximate surface area is 82.5 Å². The van der Waals surface area contributed by atoms with E-state index in [2.05, 4.69) is 15.9 Å². The average molecular weight is 254 g/mol. The molecular weight excluding hydrogens is 248 g/mol. The maximum atomic E-state index is 10.0. The summed E-state index contributed by atoms with van der Waals surface area (Å²) in [5.74, 6) is 0. The van der Waals surface area contributed by atoms with Crippen molar-refractivity contribution in [3.8, 4) is 0 Å². The second-order valence-corrected chi connectivity index (χ2v) is 4.63. The summed E-state index contributed by atoms with van der Waals surface area (Å²) in [5, 5.41) is 0. The molecule has 0 spiro atoms. The molecule has 0 radical (unpaired) electrons. The summed E-state index contributed by atoms with van der Waals surface area (Å²) in [6.07, 6.45) is 2.28. The lowest BCUT2D eigenvalue weighted by atomic mass is 10.3. The molecule has 0 aliphatic rings. The molecule has 0 aliphatic heterocycles. The molecule has 0 aliphatic carbocycles. The molecule has 0 atom stereocenters. The number of rotatable bonds is 3. The lowest BCUT2D eigenvalue weighted by molar-refractivity contribution is -0.107. The zero-order chi connectivity index (χ0) is 8.27. The van der Waals surface area contributed by atoms with Crippen LogP contribution in [0.25, 0.3) is 0 Å². The molecule has 0 amide bonds. The first-order valence-electron chi connectivity index (χ1n) is 3.11. The van der Waals surface area contributed by atoms with E-state index in [-0.39, 0.29) is 0 Å². The summed E-state index contributed by atoms with van der Waals surface area (Å²) in [6.45, 7) is 0. The van der Waals surface area contributed by atoms with Crippen LogP contribution in [0.1, 0.15) is 11.3 Å². The summed E-state index contributed by atoms with van der Waals surface area (Å²) >= 11 is 10.6. The molecule has 0 N–H and O–H groups in total. The number of halogens is 2. The zero-order valence-electron chi connectivity index (χ0n) is 5.64. The molecule has 0 bridgehead atoms. The number of hydrogen-bond donors (Lipinski definition) is 0. The number of carbonyl (C=O) groups excluding carboxylic acids is 1. The fraction of sp³-hybridized carbons (Fsp3) is 0.286. The molecular formula is C7H6BrClOS. The molecule has 0 saturated heterocycles. The Morgan fingerprint density at radius 3 is 2.91 bits per heavy atom. The van der Waals surface area contributed by atoms with Crippen molar-refractivity contribution in [2.75, 3.05) is 0 Å². The molecule has 1 nitrogen and oxygen atoms in total. The molecule has 0 fully saturated rings. The van der Waals surface area contributed by atoms with Crippen molar-refractivity contribution < 1.29 is 4.79 Å². The second-order valence-electron chi connectivity index (χ2n) is 2.04. The summed E-state index contributed by atoms with van der Waals surface area (Å²) in [7, 11) is 0. The van der Waals surface area contributed by atoms with Crippen LogP contribution in [0.15, 0.2) is 10.5 Å². The van der Waals surface area contributed by atoms with Gasteiger partial charge >= 0.3 is 0 Å². The Morgan fingerprint density at radius 2 is 2.45 bits per heavy atom. The Balaban J connectivity index is 2.64. The van der Waals surface area contributed by atoms with E-state index in [0.29, 0.717) is 6.42 Å². The standard InChI is InChI=1S/C7H6BrClOS/c8-6-4-5(2-1-3-10)11-7(6)9/h3-4H,1-2H2. The minimum atomic E-state index is 0.573. The fourth-order valence-electron chi connectivity index (χ4n) is 0.716. The number of thiophene rings is 1. The molecule has 11 heavy (non-hydrogen) atoms. The largest absolute Gasteiger partial charge is 0.303 e. The monoisotopic (exact) mass is 252 g/mol. The Morgan fingerprint density at radius 1 is 1.73 bits per heavy atom. The van der Waals surface area contributed by atoms with Crippen LogP contribution >= 0.6 is 38.9 Å². The molecule has 0 unspecified atom stereocenters. The highest BCUT2D eigenvalue weighted by molar-refractivity contribution is 9.10. The van der Waals surface area contributed by atoms with Crippen LogP contribution in [0.3, 0.4) is 0 Å². The summed E-state index contributed by atoms with van der Waals surface area (Å²) in [5.41, 5.74) is 0. The van der Waals surface area contributed by atoms with Crippen molar-refractivity contribution >= 4 is 45.2 Å². The van der Waals surface area contributed by atoms with Crippen LogP contribution in [0, 0.1) is 0 Å². The third kappa shape index (κ3) is 2.58. The van der Waals surface area contributed by atoms with Crippen LogP contribution in [0.4, 0.5) is 0 Å². The van der Waals surface area contributed by atoms with Gasteiger partial charge in [0.1, 0.15) is 10.6 Å².